The van der Waals surface area contributed by atoms with Crippen LogP contribution in [0.15, 0.2) is 0 Å². The third kappa shape index (κ3) is 3.91. The number of halogens is 3. The lowest BCUT2D eigenvalue weighted by atomic mass is 9.88. The topological polar surface area (TPSA) is 75.4 Å². The fourth-order valence-electron chi connectivity index (χ4n) is 2.78. The molecule has 128 valence electrons. The van der Waals surface area contributed by atoms with Crippen molar-refractivity contribution in [2.75, 3.05) is 13.1 Å². The highest BCUT2D eigenvalue weighted by atomic mass is 19.4. The number of carbonyl (C=O) groups excluding carboxylic acids is 2. The van der Waals surface area contributed by atoms with E-state index in [4.69, 9.17) is 5.73 Å². The predicted molar refractivity (Wildman–Crippen MR) is 75.8 cm³/mol. The van der Waals surface area contributed by atoms with Gasteiger partial charge in [-0.15, -0.1) is 0 Å². The number of nitrogens with two attached hydrogens (primary N) is 1. The molecule has 0 aromatic carbocycles. The second kappa shape index (κ2) is 6.44. The Hall–Kier alpha value is -1.31. The monoisotopic (exact) mass is 323 g/mol. The SMILES string of the molecule is CC(C)[C@H](N)C(=O)NCC(=O)N1CCC(C(F)(F)F)C1(C)C. The summed E-state index contributed by atoms with van der Waals surface area (Å²) in [5.74, 6) is -2.65. The number of hydrogen-bond acceptors (Lipinski definition) is 3. The van der Waals surface area contributed by atoms with Gasteiger partial charge in [0.05, 0.1) is 18.5 Å². The highest BCUT2D eigenvalue weighted by Crippen LogP contribution is 2.44. The molecule has 0 bridgehead atoms. The fraction of sp³-hybridized carbons (Fsp3) is 0.857. The summed E-state index contributed by atoms with van der Waals surface area (Å²) in [6, 6.07) is -0.748. The fourth-order valence-corrected chi connectivity index (χ4v) is 2.78. The van der Waals surface area contributed by atoms with Crippen LogP contribution in [0.5, 0.6) is 0 Å². The number of hydrogen-bond donors (Lipinski definition) is 2. The predicted octanol–water partition coefficient (Wildman–Crippen LogP) is 1.28. The molecule has 0 aliphatic carbocycles. The Labute approximate surface area is 128 Å². The molecular weight excluding hydrogens is 299 g/mol. The third-order valence-corrected chi connectivity index (χ3v) is 4.32. The Kier molecular flexibility index (Phi) is 5.48. The van der Waals surface area contributed by atoms with Crippen LogP contribution in [0.3, 0.4) is 0 Å². The minimum Gasteiger partial charge on any atom is -0.346 e. The van der Waals surface area contributed by atoms with Crippen LogP contribution in [-0.2, 0) is 9.59 Å². The van der Waals surface area contributed by atoms with Crippen molar-refractivity contribution < 1.29 is 22.8 Å². The largest absolute Gasteiger partial charge is 0.394 e. The molecule has 1 fully saturated rings. The minimum absolute atomic E-state index is 0.0299. The van der Waals surface area contributed by atoms with Gasteiger partial charge in [0.25, 0.3) is 0 Å². The van der Waals surface area contributed by atoms with E-state index >= 15 is 0 Å². The number of nitrogens with zero attached hydrogens (tertiary/aromatic N) is 1. The summed E-state index contributed by atoms with van der Waals surface area (Å²) in [4.78, 5) is 25.0. The van der Waals surface area contributed by atoms with Crippen molar-refractivity contribution in [1.82, 2.24) is 10.2 Å². The van der Waals surface area contributed by atoms with E-state index < -0.39 is 35.5 Å². The van der Waals surface area contributed by atoms with Crippen LogP contribution in [0.25, 0.3) is 0 Å². The average molecular weight is 323 g/mol. The van der Waals surface area contributed by atoms with Crippen LogP contribution in [-0.4, -0.2) is 47.6 Å². The van der Waals surface area contributed by atoms with Gasteiger partial charge in [0, 0.05) is 12.1 Å². The van der Waals surface area contributed by atoms with Crippen molar-refractivity contribution in [2.24, 2.45) is 17.6 Å². The second-order valence-corrected chi connectivity index (χ2v) is 6.57. The van der Waals surface area contributed by atoms with Crippen LogP contribution < -0.4 is 11.1 Å². The van der Waals surface area contributed by atoms with E-state index in [0.29, 0.717) is 0 Å². The van der Waals surface area contributed by atoms with Gasteiger partial charge in [-0.2, -0.15) is 13.2 Å². The van der Waals surface area contributed by atoms with Gasteiger partial charge in [-0.25, -0.2) is 0 Å². The smallest absolute Gasteiger partial charge is 0.346 e. The Morgan fingerprint density at radius 3 is 2.32 bits per heavy atom. The number of rotatable bonds is 4. The maximum absolute atomic E-state index is 13.0. The summed E-state index contributed by atoms with van der Waals surface area (Å²) < 4.78 is 38.9. The first-order chi connectivity index (χ1) is 9.89. The van der Waals surface area contributed by atoms with Crippen LogP contribution >= 0.6 is 0 Å². The van der Waals surface area contributed by atoms with Crippen molar-refractivity contribution in [2.45, 2.75) is 51.9 Å². The molecule has 2 atom stereocenters. The molecule has 1 aliphatic heterocycles. The molecule has 1 saturated heterocycles. The molecular formula is C14H24F3N3O2. The summed E-state index contributed by atoms with van der Waals surface area (Å²) in [5.41, 5.74) is 4.33. The summed E-state index contributed by atoms with van der Waals surface area (Å²) in [6.45, 7) is 6.03. The van der Waals surface area contributed by atoms with E-state index in [9.17, 15) is 22.8 Å². The molecule has 1 rings (SSSR count). The first-order valence-corrected chi connectivity index (χ1v) is 7.29. The van der Waals surface area contributed by atoms with Crippen molar-refractivity contribution in [3.63, 3.8) is 0 Å². The summed E-state index contributed by atoms with van der Waals surface area (Å²) in [7, 11) is 0. The van der Waals surface area contributed by atoms with E-state index in [2.05, 4.69) is 5.32 Å². The van der Waals surface area contributed by atoms with Gasteiger partial charge < -0.3 is 16.0 Å². The Morgan fingerprint density at radius 2 is 1.91 bits per heavy atom. The average Bonchev–Trinajstić information content (AvgIpc) is 2.69. The van der Waals surface area contributed by atoms with Gasteiger partial charge in [0.2, 0.25) is 11.8 Å². The van der Waals surface area contributed by atoms with E-state index in [1.54, 1.807) is 13.8 Å². The molecule has 0 aromatic rings. The standard InChI is InChI=1S/C14H24F3N3O2/c1-8(2)11(18)12(22)19-7-10(21)20-6-5-9(13(20,3)4)14(15,16)17/h8-9,11H,5-7,18H2,1-4H3,(H,19,22)/t9?,11-/m0/s1. The molecule has 22 heavy (non-hydrogen) atoms. The number of alkyl halides is 3. The quantitative estimate of drug-likeness (QED) is 0.818. The van der Waals surface area contributed by atoms with Gasteiger partial charge in [-0.1, -0.05) is 13.8 Å². The lowest BCUT2D eigenvalue weighted by Crippen LogP contribution is -2.53. The Bertz CT molecular complexity index is 436. The molecule has 2 amide bonds. The Balaban J connectivity index is 2.66. The highest BCUT2D eigenvalue weighted by molar-refractivity contribution is 5.87. The van der Waals surface area contributed by atoms with Crippen LogP contribution in [0.4, 0.5) is 13.2 Å². The maximum Gasteiger partial charge on any atom is 0.394 e. The first kappa shape index (κ1) is 18.7. The van der Waals surface area contributed by atoms with Crippen molar-refractivity contribution >= 4 is 11.8 Å². The van der Waals surface area contributed by atoms with Gasteiger partial charge in [0.1, 0.15) is 0 Å². The van der Waals surface area contributed by atoms with Crippen molar-refractivity contribution in [1.29, 1.82) is 0 Å². The van der Waals surface area contributed by atoms with Gasteiger partial charge in [-0.05, 0) is 26.2 Å². The molecule has 3 N–H and O–H groups in total. The van der Waals surface area contributed by atoms with Crippen LogP contribution in [0.1, 0.15) is 34.1 Å². The first-order valence-electron chi connectivity index (χ1n) is 7.29. The van der Waals surface area contributed by atoms with E-state index in [0.717, 1.165) is 0 Å². The van der Waals surface area contributed by atoms with Crippen LogP contribution in [0.2, 0.25) is 0 Å². The molecule has 0 spiro atoms. The number of likely N-dealkylation sites (tertiary alicyclic amines) is 1. The van der Waals surface area contributed by atoms with E-state index in [1.165, 1.54) is 18.7 Å². The third-order valence-electron chi connectivity index (χ3n) is 4.32. The molecule has 1 unspecified atom stereocenters. The lowest BCUT2D eigenvalue weighted by Gasteiger charge is -2.36. The molecule has 1 aliphatic rings. The van der Waals surface area contributed by atoms with E-state index in [-0.39, 0.29) is 25.4 Å². The zero-order chi connectivity index (χ0) is 17.3. The van der Waals surface area contributed by atoms with E-state index in [1.807, 2.05) is 0 Å². The van der Waals surface area contributed by atoms with Crippen LogP contribution in [0, 0.1) is 11.8 Å². The zero-order valence-corrected chi connectivity index (χ0v) is 13.3. The summed E-state index contributed by atoms with van der Waals surface area (Å²) in [6.07, 6.45) is -4.47. The summed E-state index contributed by atoms with van der Waals surface area (Å²) in [5, 5.41) is 2.40. The minimum atomic E-state index is -4.35. The number of nitrogens with one attached hydrogen (secondary N) is 1. The highest BCUT2D eigenvalue weighted by Gasteiger charge is 2.56. The number of amides is 2. The zero-order valence-electron chi connectivity index (χ0n) is 13.3. The van der Waals surface area contributed by atoms with Gasteiger partial charge in [0.15, 0.2) is 0 Å². The molecule has 8 heteroatoms. The Morgan fingerprint density at radius 1 is 1.36 bits per heavy atom. The normalized spacial score (nSPS) is 22.8. The lowest BCUT2D eigenvalue weighted by molar-refractivity contribution is -0.192. The summed E-state index contributed by atoms with van der Waals surface area (Å²) >= 11 is 0. The molecule has 0 aromatic heterocycles. The number of carbonyl (C=O) groups is 2. The van der Waals surface area contributed by atoms with Crippen molar-refractivity contribution in [3.8, 4) is 0 Å². The molecule has 5 nitrogen and oxygen atoms in total. The molecule has 0 saturated carbocycles. The second-order valence-electron chi connectivity index (χ2n) is 6.57. The van der Waals surface area contributed by atoms with Gasteiger partial charge >= 0.3 is 6.18 Å². The molecule has 1 heterocycles. The maximum atomic E-state index is 13.0. The van der Waals surface area contributed by atoms with Crippen molar-refractivity contribution in [3.05, 3.63) is 0 Å². The molecule has 0 radical (unpaired) electrons. The van der Waals surface area contributed by atoms with Gasteiger partial charge in [-0.3, -0.25) is 9.59 Å².